The van der Waals surface area contributed by atoms with E-state index in [9.17, 15) is 4.79 Å². The molecule has 2 rings (SSSR count). The first-order valence-electron chi connectivity index (χ1n) is 10.3. The molecule has 0 heterocycles. The number of hydrogen-bond acceptors (Lipinski definition) is 2. The van der Waals surface area contributed by atoms with Gasteiger partial charge in [-0.3, -0.25) is 0 Å². The third-order valence-electron chi connectivity index (χ3n) is 4.53. The van der Waals surface area contributed by atoms with Crippen LogP contribution in [0.15, 0.2) is 60.7 Å². The first-order chi connectivity index (χ1) is 13.8. The zero-order valence-electron chi connectivity index (χ0n) is 16.8. The standard InChI is InChI=1S/C24H32O2SeTe/c1-2-3-4-5-10-15-22(18-19-27-20-21-13-8-6-9-14-21)26-24(25)28-23-16-11-7-12-17-23/h6-9,11-14,16-17,22H,2-5,10,15,18-20H2,1H3. The van der Waals surface area contributed by atoms with Gasteiger partial charge >= 0.3 is 188 Å². The minimum atomic E-state index is -0.905. The van der Waals surface area contributed by atoms with E-state index >= 15 is 0 Å². The summed E-state index contributed by atoms with van der Waals surface area (Å²) in [5, 5.41) is 2.35. The number of rotatable bonds is 14. The third-order valence-corrected chi connectivity index (χ3v) is 8.96. The second kappa shape index (κ2) is 15.1. The summed E-state index contributed by atoms with van der Waals surface area (Å²) in [6.07, 6.45) is 8.47. The van der Waals surface area contributed by atoms with Gasteiger partial charge in [0, 0.05) is 0 Å². The number of unbranched alkanes of at least 4 members (excludes halogenated alkanes) is 4. The molecule has 0 spiro atoms. The molecule has 0 bridgehead atoms. The Balaban J connectivity index is 1.75. The molecule has 4 heteroatoms. The van der Waals surface area contributed by atoms with Gasteiger partial charge in [-0.1, -0.05) is 0 Å². The van der Waals surface area contributed by atoms with E-state index in [2.05, 4.69) is 37.3 Å². The van der Waals surface area contributed by atoms with Crippen molar-refractivity contribution in [3.05, 3.63) is 66.2 Å². The molecule has 0 radical (unpaired) electrons. The summed E-state index contributed by atoms with van der Waals surface area (Å²) in [6, 6.07) is 20.8. The Labute approximate surface area is 187 Å². The third kappa shape index (κ3) is 10.7. The molecule has 0 fully saturated rings. The van der Waals surface area contributed by atoms with Crippen LogP contribution in [0, 0.1) is 0 Å². The van der Waals surface area contributed by atoms with Crippen LogP contribution < -0.4 is 3.61 Å². The van der Waals surface area contributed by atoms with Crippen LogP contribution in [0.25, 0.3) is 0 Å². The number of ether oxygens (including phenoxy) is 1. The van der Waals surface area contributed by atoms with Gasteiger partial charge in [0.15, 0.2) is 0 Å². The van der Waals surface area contributed by atoms with Crippen LogP contribution in [0.2, 0.25) is 5.32 Å². The van der Waals surface area contributed by atoms with Crippen LogP contribution in [0.3, 0.4) is 0 Å². The van der Waals surface area contributed by atoms with Gasteiger partial charge in [-0.2, -0.15) is 0 Å². The minimum absolute atomic E-state index is 0.0470. The van der Waals surface area contributed by atoms with Crippen LogP contribution in [-0.2, 0) is 10.1 Å². The molecule has 2 nitrogen and oxygen atoms in total. The Morgan fingerprint density at radius 3 is 2.32 bits per heavy atom. The van der Waals surface area contributed by atoms with Crippen molar-refractivity contribution < 1.29 is 9.53 Å². The van der Waals surface area contributed by atoms with Gasteiger partial charge in [-0.25, -0.2) is 0 Å². The summed E-state index contributed by atoms with van der Waals surface area (Å²) < 4.78 is 7.15. The van der Waals surface area contributed by atoms with E-state index in [0.717, 1.165) is 16.5 Å². The second-order valence-corrected chi connectivity index (χ2v) is 12.1. The van der Waals surface area contributed by atoms with E-state index in [1.165, 1.54) is 48.3 Å². The van der Waals surface area contributed by atoms with E-state index in [1.54, 1.807) is 0 Å². The van der Waals surface area contributed by atoms with E-state index in [0.29, 0.717) is 15.0 Å². The fraction of sp³-hybridized carbons (Fsp3) is 0.458. The van der Waals surface area contributed by atoms with Gasteiger partial charge in [-0.15, -0.1) is 0 Å². The van der Waals surface area contributed by atoms with Crippen LogP contribution in [0.1, 0.15) is 57.4 Å². The predicted molar refractivity (Wildman–Crippen MR) is 121 cm³/mol. The van der Waals surface area contributed by atoms with Crippen LogP contribution in [0.5, 0.6) is 0 Å². The van der Waals surface area contributed by atoms with Gasteiger partial charge < -0.3 is 0 Å². The van der Waals surface area contributed by atoms with Crippen LogP contribution >= 0.6 is 0 Å². The zero-order valence-corrected chi connectivity index (χ0v) is 20.9. The summed E-state index contributed by atoms with van der Waals surface area (Å²) in [5.41, 5.74) is 1.42. The molecule has 0 aliphatic heterocycles. The van der Waals surface area contributed by atoms with Crippen molar-refractivity contribution in [3.63, 3.8) is 0 Å². The summed E-state index contributed by atoms with van der Waals surface area (Å²) in [6.45, 7) is 2.24. The first-order valence-corrected chi connectivity index (χ1v) is 15.1. The molecule has 152 valence electrons. The average Bonchev–Trinajstić information content (AvgIpc) is 2.72. The molecular weight excluding hydrogens is 527 g/mol. The first kappa shape index (κ1) is 23.5. The quantitative estimate of drug-likeness (QED) is 0.223. The molecule has 0 aliphatic carbocycles. The van der Waals surface area contributed by atoms with E-state index in [4.69, 9.17) is 4.74 Å². The molecule has 0 saturated heterocycles. The SMILES string of the molecule is CCCCCCCC(CC[Se]Cc1ccccc1)OC(=O)[Te]c1ccccc1. The maximum atomic E-state index is 12.5. The molecule has 1 atom stereocenters. The normalized spacial score (nSPS) is 11.9. The number of benzene rings is 2. The number of hydrogen-bond donors (Lipinski definition) is 0. The molecule has 1 unspecified atom stereocenters. The van der Waals surface area contributed by atoms with Crippen molar-refractivity contribution in [2.45, 2.75) is 68.6 Å². The summed E-state index contributed by atoms with van der Waals surface area (Å²) in [4.78, 5) is 12.5. The molecule has 0 amide bonds. The van der Waals surface area contributed by atoms with Gasteiger partial charge in [0.25, 0.3) is 0 Å². The topological polar surface area (TPSA) is 26.3 Å². The average molecular weight is 559 g/mol. The molecule has 2 aromatic carbocycles. The Hall–Kier alpha value is -0.781. The molecule has 0 aromatic heterocycles. The summed E-state index contributed by atoms with van der Waals surface area (Å²) in [7, 11) is 0. The van der Waals surface area contributed by atoms with E-state index < -0.39 is 20.9 Å². The molecule has 28 heavy (non-hydrogen) atoms. The fourth-order valence-corrected chi connectivity index (χ4v) is 6.98. The van der Waals surface area contributed by atoms with Crippen molar-refractivity contribution in [2.75, 3.05) is 0 Å². The molecule has 0 N–H and O–H groups in total. The van der Waals surface area contributed by atoms with E-state index in [-0.39, 0.29) is 10.1 Å². The molecule has 0 aliphatic rings. The van der Waals surface area contributed by atoms with Gasteiger partial charge in [0.1, 0.15) is 0 Å². The van der Waals surface area contributed by atoms with Crippen LogP contribution in [0.4, 0.5) is 4.79 Å². The predicted octanol–water partition coefficient (Wildman–Crippen LogP) is 5.59. The summed E-state index contributed by atoms with van der Waals surface area (Å²) in [5.74, 6) is 0. The molecular formula is C24H32O2SeTe. The maximum absolute atomic E-state index is 12.5. The van der Waals surface area contributed by atoms with Crippen molar-refractivity contribution in [3.8, 4) is 0 Å². The second-order valence-electron chi connectivity index (χ2n) is 6.93. The monoisotopic (exact) mass is 562 g/mol. The Morgan fingerprint density at radius 2 is 1.61 bits per heavy atom. The Bertz CT molecular complexity index is 648. The zero-order chi connectivity index (χ0) is 19.9. The van der Waals surface area contributed by atoms with Gasteiger partial charge in [0.2, 0.25) is 0 Å². The molecule has 0 saturated carbocycles. The fourth-order valence-electron chi connectivity index (χ4n) is 2.96. The van der Waals surface area contributed by atoms with Crippen molar-refractivity contribution >= 4 is 43.5 Å². The van der Waals surface area contributed by atoms with Crippen molar-refractivity contribution in [2.24, 2.45) is 0 Å². The van der Waals surface area contributed by atoms with Crippen molar-refractivity contribution in [1.29, 1.82) is 0 Å². The van der Waals surface area contributed by atoms with Gasteiger partial charge in [-0.05, 0) is 0 Å². The molecule has 2 aromatic rings. The van der Waals surface area contributed by atoms with Crippen LogP contribution in [-0.4, -0.2) is 46.0 Å². The number of carbonyl (C=O) groups is 1. The summed E-state index contributed by atoms with van der Waals surface area (Å²) >= 11 is -0.331. The Kier molecular flexibility index (Phi) is 12.7. The van der Waals surface area contributed by atoms with Gasteiger partial charge in [0.05, 0.1) is 0 Å². The van der Waals surface area contributed by atoms with Crippen molar-refractivity contribution in [1.82, 2.24) is 0 Å². The Morgan fingerprint density at radius 1 is 0.929 bits per heavy atom. The number of carbonyl (C=O) groups excluding carboxylic acids is 1. The van der Waals surface area contributed by atoms with E-state index in [1.807, 2.05) is 30.3 Å².